The number of piperidine rings is 1. The van der Waals surface area contributed by atoms with Gasteiger partial charge in [0.25, 0.3) is 0 Å². The first-order valence-electron chi connectivity index (χ1n) is 6.45. The summed E-state index contributed by atoms with van der Waals surface area (Å²) in [5.41, 5.74) is 6.73. The first-order chi connectivity index (χ1) is 9.36. The van der Waals surface area contributed by atoms with Crippen LogP contribution in [0.4, 0.5) is 5.69 Å². The van der Waals surface area contributed by atoms with Gasteiger partial charge in [-0.2, -0.15) is 4.31 Å². The van der Waals surface area contributed by atoms with Crippen molar-refractivity contribution in [3.05, 3.63) is 22.7 Å². The van der Waals surface area contributed by atoms with E-state index in [4.69, 9.17) is 22.1 Å². The van der Waals surface area contributed by atoms with E-state index in [9.17, 15) is 8.42 Å². The van der Waals surface area contributed by atoms with Gasteiger partial charge < -0.3 is 10.5 Å². The van der Waals surface area contributed by atoms with Crippen molar-refractivity contribution in [2.75, 3.05) is 25.9 Å². The van der Waals surface area contributed by atoms with E-state index in [1.54, 1.807) is 20.1 Å². The van der Waals surface area contributed by atoms with Crippen LogP contribution in [0.25, 0.3) is 0 Å². The number of anilines is 1. The molecule has 0 amide bonds. The van der Waals surface area contributed by atoms with Crippen molar-refractivity contribution in [1.29, 1.82) is 0 Å². The number of rotatable bonds is 3. The highest BCUT2D eigenvalue weighted by Gasteiger charge is 2.31. The number of nitrogens with two attached hydrogens (primary N) is 1. The molecule has 0 radical (unpaired) electrons. The monoisotopic (exact) mass is 318 g/mol. The van der Waals surface area contributed by atoms with Gasteiger partial charge in [-0.1, -0.05) is 11.6 Å². The second-order valence-corrected chi connectivity index (χ2v) is 7.32. The SMILES string of the molecule is COC1CCCN(S(=O)(=O)c2cc(Cl)cc(N)c2C)C1. The highest BCUT2D eigenvalue weighted by molar-refractivity contribution is 7.89. The summed E-state index contributed by atoms with van der Waals surface area (Å²) in [4.78, 5) is 0.180. The second-order valence-electron chi connectivity index (χ2n) is 4.98. The maximum Gasteiger partial charge on any atom is 0.243 e. The number of benzene rings is 1. The molecule has 0 spiro atoms. The molecule has 112 valence electrons. The fraction of sp³-hybridized carbons (Fsp3) is 0.538. The van der Waals surface area contributed by atoms with Crippen molar-refractivity contribution in [1.82, 2.24) is 4.31 Å². The van der Waals surface area contributed by atoms with Gasteiger partial charge in [0.15, 0.2) is 0 Å². The molecular weight excluding hydrogens is 300 g/mol. The number of hydrogen-bond acceptors (Lipinski definition) is 4. The molecule has 0 saturated carbocycles. The molecule has 1 heterocycles. The molecule has 1 atom stereocenters. The fourth-order valence-corrected chi connectivity index (χ4v) is 4.48. The Morgan fingerprint density at radius 2 is 2.15 bits per heavy atom. The van der Waals surface area contributed by atoms with Crippen molar-refractivity contribution in [3.8, 4) is 0 Å². The van der Waals surface area contributed by atoms with Gasteiger partial charge in [0.2, 0.25) is 10.0 Å². The molecule has 0 aromatic heterocycles. The standard InChI is InChI=1S/C13H19ClN2O3S/c1-9-12(15)6-10(14)7-13(9)20(17,18)16-5-3-4-11(8-16)19-2/h6-7,11H,3-5,8,15H2,1-2H3. The summed E-state index contributed by atoms with van der Waals surface area (Å²) in [5.74, 6) is 0. The number of methoxy groups -OCH3 is 1. The molecule has 0 bridgehead atoms. The average Bonchev–Trinajstić information content (AvgIpc) is 2.42. The van der Waals surface area contributed by atoms with E-state index in [1.807, 2.05) is 0 Å². The Labute approximate surface area is 124 Å². The lowest BCUT2D eigenvalue weighted by Gasteiger charge is -2.31. The van der Waals surface area contributed by atoms with Crippen molar-refractivity contribution in [3.63, 3.8) is 0 Å². The Morgan fingerprint density at radius 1 is 1.45 bits per heavy atom. The second kappa shape index (κ2) is 5.89. The minimum Gasteiger partial charge on any atom is -0.398 e. The molecule has 20 heavy (non-hydrogen) atoms. The van der Waals surface area contributed by atoms with Crippen LogP contribution in [-0.2, 0) is 14.8 Å². The zero-order chi connectivity index (χ0) is 14.9. The normalized spacial score (nSPS) is 21.1. The lowest BCUT2D eigenvalue weighted by atomic mass is 10.1. The van der Waals surface area contributed by atoms with Crippen molar-refractivity contribution >= 4 is 27.3 Å². The van der Waals surface area contributed by atoms with Gasteiger partial charge in [-0.05, 0) is 37.5 Å². The van der Waals surface area contributed by atoms with Crippen molar-refractivity contribution < 1.29 is 13.2 Å². The van der Waals surface area contributed by atoms with Crippen LogP contribution in [0, 0.1) is 6.92 Å². The fourth-order valence-electron chi connectivity index (χ4n) is 2.40. The highest BCUT2D eigenvalue weighted by Crippen LogP contribution is 2.29. The predicted octanol–water partition coefficient (Wildman–Crippen LogP) is 2.03. The lowest BCUT2D eigenvalue weighted by molar-refractivity contribution is 0.0572. The topological polar surface area (TPSA) is 72.6 Å². The van der Waals surface area contributed by atoms with Crippen LogP contribution < -0.4 is 5.73 Å². The lowest BCUT2D eigenvalue weighted by Crippen LogP contribution is -2.43. The van der Waals surface area contributed by atoms with E-state index in [1.165, 1.54) is 10.4 Å². The third kappa shape index (κ3) is 2.93. The molecule has 0 aliphatic carbocycles. The summed E-state index contributed by atoms with van der Waals surface area (Å²) in [6.45, 7) is 2.55. The molecule has 1 aromatic carbocycles. The molecule has 7 heteroatoms. The zero-order valence-corrected chi connectivity index (χ0v) is 13.2. The van der Waals surface area contributed by atoms with Gasteiger partial charge in [-0.15, -0.1) is 0 Å². The van der Waals surface area contributed by atoms with E-state index >= 15 is 0 Å². The van der Waals surface area contributed by atoms with Gasteiger partial charge in [0.1, 0.15) is 0 Å². The molecule has 1 unspecified atom stereocenters. The van der Waals surface area contributed by atoms with E-state index in [0.29, 0.717) is 29.4 Å². The minimum atomic E-state index is -3.59. The van der Waals surface area contributed by atoms with E-state index in [0.717, 1.165) is 12.8 Å². The van der Waals surface area contributed by atoms with Crippen LogP contribution in [0.5, 0.6) is 0 Å². The Morgan fingerprint density at radius 3 is 2.80 bits per heavy atom. The van der Waals surface area contributed by atoms with Crippen molar-refractivity contribution in [2.24, 2.45) is 0 Å². The minimum absolute atomic E-state index is 0.0598. The van der Waals surface area contributed by atoms with Crippen LogP contribution in [0.3, 0.4) is 0 Å². The number of nitrogen functional groups attached to an aromatic ring is 1. The predicted molar refractivity (Wildman–Crippen MR) is 79.4 cm³/mol. The van der Waals surface area contributed by atoms with Crippen LogP contribution in [0.1, 0.15) is 18.4 Å². The summed E-state index contributed by atoms with van der Waals surface area (Å²) in [6, 6.07) is 3.02. The number of ether oxygens (including phenoxy) is 1. The number of sulfonamides is 1. The summed E-state index contributed by atoms with van der Waals surface area (Å²) in [7, 11) is -1.99. The molecule has 2 rings (SSSR count). The van der Waals surface area contributed by atoms with E-state index < -0.39 is 10.0 Å². The van der Waals surface area contributed by atoms with Crippen LogP contribution in [0.2, 0.25) is 5.02 Å². The van der Waals surface area contributed by atoms with Crippen LogP contribution >= 0.6 is 11.6 Å². The summed E-state index contributed by atoms with van der Waals surface area (Å²) in [6.07, 6.45) is 1.60. The largest absolute Gasteiger partial charge is 0.398 e. The first kappa shape index (κ1) is 15.6. The zero-order valence-electron chi connectivity index (χ0n) is 11.6. The van der Waals surface area contributed by atoms with Gasteiger partial charge in [0.05, 0.1) is 11.0 Å². The molecule has 2 N–H and O–H groups in total. The summed E-state index contributed by atoms with van der Waals surface area (Å²) in [5, 5.41) is 0.326. The molecule has 5 nitrogen and oxygen atoms in total. The third-order valence-electron chi connectivity index (χ3n) is 3.66. The van der Waals surface area contributed by atoms with Crippen LogP contribution in [0.15, 0.2) is 17.0 Å². The number of hydrogen-bond donors (Lipinski definition) is 1. The Kier molecular flexibility index (Phi) is 4.59. The Bertz CT molecular complexity index is 604. The van der Waals surface area contributed by atoms with Crippen LogP contribution in [-0.4, -0.2) is 39.0 Å². The maximum atomic E-state index is 12.7. The van der Waals surface area contributed by atoms with Gasteiger partial charge in [-0.25, -0.2) is 8.42 Å². The highest BCUT2D eigenvalue weighted by atomic mass is 35.5. The molecule has 1 fully saturated rings. The summed E-state index contributed by atoms with van der Waals surface area (Å²) >= 11 is 5.94. The molecule has 1 aliphatic rings. The Hall–Kier alpha value is -0.820. The summed E-state index contributed by atoms with van der Waals surface area (Å²) < 4.78 is 32.2. The average molecular weight is 319 g/mol. The van der Waals surface area contributed by atoms with Gasteiger partial charge in [-0.3, -0.25) is 0 Å². The van der Waals surface area contributed by atoms with Gasteiger partial charge >= 0.3 is 0 Å². The maximum absolute atomic E-state index is 12.7. The quantitative estimate of drug-likeness (QED) is 0.865. The molecule has 1 aliphatic heterocycles. The number of nitrogens with zero attached hydrogens (tertiary/aromatic N) is 1. The van der Waals surface area contributed by atoms with E-state index in [-0.39, 0.29) is 11.0 Å². The van der Waals surface area contributed by atoms with E-state index in [2.05, 4.69) is 0 Å². The van der Waals surface area contributed by atoms with Crippen molar-refractivity contribution in [2.45, 2.75) is 30.8 Å². The van der Waals surface area contributed by atoms with Gasteiger partial charge in [0, 0.05) is 30.9 Å². The first-order valence-corrected chi connectivity index (χ1v) is 8.26. The molecular formula is C13H19ClN2O3S. The number of halogens is 1. The molecule has 1 aromatic rings. The third-order valence-corrected chi connectivity index (χ3v) is 5.87. The molecule has 1 saturated heterocycles. The smallest absolute Gasteiger partial charge is 0.243 e. The Balaban J connectivity index is 2.40.